The van der Waals surface area contributed by atoms with E-state index in [-0.39, 0.29) is 12.1 Å². The molecule has 1 aliphatic heterocycles. The molecular weight excluding hydrogens is 312 g/mol. The summed E-state index contributed by atoms with van der Waals surface area (Å²) in [6.07, 6.45) is 13.8. The van der Waals surface area contributed by atoms with Gasteiger partial charge in [0.1, 0.15) is 6.61 Å². The summed E-state index contributed by atoms with van der Waals surface area (Å²) < 4.78 is 5.11. The van der Waals surface area contributed by atoms with Crippen LogP contribution in [-0.4, -0.2) is 23.8 Å². The zero-order valence-corrected chi connectivity index (χ0v) is 16.1. The lowest BCUT2D eigenvalue weighted by Crippen LogP contribution is -2.34. The molecule has 3 aliphatic rings. The highest BCUT2D eigenvalue weighted by atomic mass is 16.5. The van der Waals surface area contributed by atoms with Crippen LogP contribution in [0.5, 0.6) is 0 Å². The molecule has 3 nitrogen and oxygen atoms in total. The van der Waals surface area contributed by atoms with Crippen molar-refractivity contribution in [3.05, 3.63) is 11.6 Å². The van der Waals surface area contributed by atoms with Crippen LogP contribution in [0.2, 0.25) is 0 Å². The predicted molar refractivity (Wildman–Crippen MR) is 100 cm³/mol. The van der Waals surface area contributed by atoms with E-state index in [1.165, 1.54) is 56.9 Å². The molecule has 3 rings (SSSR count). The van der Waals surface area contributed by atoms with Crippen LogP contribution in [0, 0.1) is 29.6 Å². The highest BCUT2D eigenvalue weighted by molar-refractivity contribution is 5.85. The number of cyclic esters (lactones) is 1. The van der Waals surface area contributed by atoms with Gasteiger partial charge in [-0.2, -0.15) is 0 Å². The second-order valence-electron chi connectivity index (χ2n) is 8.65. The molecule has 2 unspecified atom stereocenters. The van der Waals surface area contributed by atoms with E-state index >= 15 is 0 Å². The molecule has 25 heavy (non-hydrogen) atoms. The zero-order chi connectivity index (χ0) is 17.8. The van der Waals surface area contributed by atoms with Crippen LogP contribution in [0.25, 0.3) is 0 Å². The fourth-order valence-corrected chi connectivity index (χ4v) is 6.04. The Morgan fingerprint density at radius 2 is 1.48 bits per heavy atom. The molecule has 0 aromatic heterocycles. The van der Waals surface area contributed by atoms with E-state index in [2.05, 4.69) is 13.8 Å². The Morgan fingerprint density at radius 1 is 0.960 bits per heavy atom. The lowest BCUT2D eigenvalue weighted by molar-refractivity contribution is -0.135. The first-order valence-corrected chi connectivity index (χ1v) is 10.7. The highest BCUT2D eigenvalue weighted by Crippen LogP contribution is 2.46. The Hall–Kier alpha value is -0.830. The predicted octanol–water partition coefficient (Wildman–Crippen LogP) is 4.88. The fourth-order valence-electron chi connectivity index (χ4n) is 6.04. The zero-order valence-electron chi connectivity index (χ0n) is 16.1. The first kappa shape index (κ1) is 18.9. The summed E-state index contributed by atoms with van der Waals surface area (Å²) in [4.78, 5) is 11.3. The number of hydrogen-bond donors (Lipinski definition) is 1. The van der Waals surface area contributed by atoms with E-state index in [1.807, 2.05) is 0 Å². The number of carbonyl (C=O) groups excluding carboxylic acids is 1. The van der Waals surface area contributed by atoms with E-state index in [0.717, 1.165) is 36.5 Å². The topological polar surface area (TPSA) is 46.5 Å². The largest absolute Gasteiger partial charge is 0.458 e. The van der Waals surface area contributed by atoms with Gasteiger partial charge in [0.05, 0.1) is 6.10 Å². The van der Waals surface area contributed by atoms with E-state index in [4.69, 9.17) is 4.74 Å². The third kappa shape index (κ3) is 4.48. The fraction of sp³-hybridized carbons (Fsp3) is 0.864. The number of hydrogen-bond acceptors (Lipinski definition) is 3. The minimum Gasteiger partial charge on any atom is -0.458 e. The van der Waals surface area contributed by atoms with Gasteiger partial charge in [0.25, 0.3) is 0 Å². The van der Waals surface area contributed by atoms with Crippen molar-refractivity contribution >= 4 is 5.97 Å². The summed E-state index contributed by atoms with van der Waals surface area (Å²) in [5, 5.41) is 9.84. The molecule has 1 N–H and O–H groups in total. The standard InChI is InChI=1S/C22H36O3/c1-3-20(21(4-2)17-9-11-19(23)12-10-17)16-7-5-15(6-8-16)18-13-22(24)25-14-18/h13,15-17,19-21,23H,3-12,14H2,1-2H3. The molecule has 2 saturated carbocycles. The van der Waals surface area contributed by atoms with Crippen LogP contribution in [-0.2, 0) is 9.53 Å². The minimum absolute atomic E-state index is 0.0473. The summed E-state index contributed by atoms with van der Waals surface area (Å²) in [6.45, 7) is 5.28. The average molecular weight is 349 g/mol. The van der Waals surface area contributed by atoms with Crippen LogP contribution in [0.1, 0.15) is 78.1 Å². The number of aliphatic hydroxyl groups excluding tert-OH is 1. The summed E-state index contributed by atoms with van der Waals surface area (Å²) in [6, 6.07) is 0. The lowest BCUT2D eigenvalue weighted by atomic mass is 9.64. The smallest absolute Gasteiger partial charge is 0.331 e. The maximum Gasteiger partial charge on any atom is 0.331 e. The second-order valence-corrected chi connectivity index (χ2v) is 8.65. The number of carbonyl (C=O) groups is 1. The SMILES string of the molecule is CCC(C1CCC(O)CC1)C(CC)C1CCC(C2=CC(=O)OC2)CC1. The normalized spacial score (nSPS) is 35.8. The van der Waals surface area contributed by atoms with Crippen molar-refractivity contribution in [3.63, 3.8) is 0 Å². The molecule has 0 bridgehead atoms. The Bertz CT molecular complexity index is 468. The Kier molecular flexibility index (Phi) is 6.60. The van der Waals surface area contributed by atoms with E-state index in [9.17, 15) is 9.90 Å². The quantitative estimate of drug-likeness (QED) is 0.696. The first-order valence-electron chi connectivity index (χ1n) is 10.7. The van der Waals surface area contributed by atoms with Crippen LogP contribution >= 0.6 is 0 Å². The van der Waals surface area contributed by atoms with Crippen LogP contribution in [0.3, 0.4) is 0 Å². The molecule has 2 aliphatic carbocycles. The molecule has 0 aromatic carbocycles. The number of ether oxygens (including phenoxy) is 1. The molecule has 1 heterocycles. The molecule has 2 atom stereocenters. The maximum atomic E-state index is 11.3. The third-order valence-corrected chi connectivity index (χ3v) is 7.43. The highest BCUT2D eigenvalue weighted by Gasteiger charge is 2.37. The van der Waals surface area contributed by atoms with Crippen molar-refractivity contribution in [2.24, 2.45) is 29.6 Å². The van der Waals surface area contributed by atoms with Crippen LogP contribution in [0.15, 0.2) is 11.6 Å². The number of esters is 1. The van der Waals surface area contributed by atoms with Crippen molar-refractivity contribution in [2.75, 3.05) is 6.61 Å². The molecular formula is C22H36O3. The Morgan fingerprint density at radius 3 is 1.92 bits per heavy atom. The van der Waals surface area contributed by atoms with Crippen LogP contribution in [0.4, 0.5) is 0 Å². The van der Waals surface area contributed by atoms with Gasteiger partial charge < -0.3 is 9.84 Å². The Balaban J connectivity index is 1.57. The van der Waals surface area contributed by atoms with Crippen molar-refractivity contribution in [1.82, 2.24) is 0 Å². The van der Waals surface area contributed by atoms with Crippen molar-refractivity contribution in [2.45, 2.75) is 84.2 Å². The van der Waals surface area contributed by atoms with Gasteiger partial charge in [-0.25, -0.2) is 4.79 Å². The van der Waals surface area contributed by atoms with E-state index in [1.54, 1.807) is 6.08 Å². The van der Waals surface area contributed by atoms with Crippen molar-refractivity contribution in [1.29, 1.82) is 0 Å². The van der Waals surface area contributed by atoms with Crippen LogP contribution < -0.4 is 0 Å². The van der Waals surface area contributed by atoms with Gasteiger partial charge in [0.2, 0.25) is 0 Å². The lowest BCUT2D eigenvalue weighted by Gasteiger charge is -2.42. The molecule has 0 amide bonds. The van der Waals surface area contributed by atoms with E-state index in [0.29, 0.717) is 12.5 Å². The maximum absolute atomic E-state index is 11.3. The summed E-state index contributed by atoms with van der Waals surface area (Å²) in [5.41, 5.74) is 1.24. The van der Waals surface area contributed by atoms with E-state index < -0.39 is 0 Å². The van der Waals surface area contributed by atoms with Crippen molar-refractivity contribution < 1.29 is 14.6 Å². The van der Waals surface area contributed by atoms with Gasteiger partial charge in [-0.3, -0.25) is 0 Å². The van der Waals surface area contributed by atoms with Gasteiger partial charge in [-0.1, -0.05) is 26.7 Å². The van der Waals surface area contributed by atoms with Gasteiger partial charge >= 0.3 is 5.97 Å². The van der Waals surface area contributed by atoms with Gasteiger partial charge in [-0.15, -0.1) is 0 Å². The molecule has 0 saturated heterocycles. The first-order chi connectivity index (χ1) is 12.1. The summed E-state index contributed by atoms with van der Waals surface area (Å²) >= 11 is 0. The third-order valence-electron chi connectivity index (χ3n) is 7.43. The molecule has 142 valence electrons. The summed E-state index contributed by atoms with van der Waals surface area (Å²) in [7, 11) is 0. The van der Waals surface area contributed by atoms with Gasteiger partial charge in [-0.05, 0) is 86.5 Å². The molecule has 3 heteroatoms. The minimum atomic E-state index is -0.144. The molecule has 0 aromatic rings. The molecule has 0 radical (unpaired) electrons. The number of rotatable bonds is 6. The molecule has 0 spiro atoms. The van der Waals surface area contributed by atoms with Gasteiger partial charge in [0, 0.05) is 6.08 Å². The summed E-state index contributed by atoms with van der Waals surface area (Å²) in [5.74, 6) is 3.76. The number of aliphatic hydroxyl groups is 1. The monoisotopic (exact) mass is 348 g/mol. The Labute approximate surface area is 153 Å². The van der Waals surface area contributed by atoms with Crippen molar-refractivity contribution in [3.8, 4) is 0 Å². The van der Waals surface area contributed by atoms with Gasteiger partial charge in [0.15, 0.2) is 0 Å². The molecule has 2 fully saturated rings. The average Bonchev–Trinajstić information content (AvgIpc) is 3.07. The second kappa shape index (κ2) is 8.70.